The molecule has 1 atom stereocenters. The van der Waals surface area contributed by atoms with Crippen LogP contribution in [0.3, 0.4) is 0 Å². The van der Waals surface area contributed by atoms with Crippen LogP contribution in [0.1, 0.15) is 0 Å². The second-order valence-corrected chi connectivity index (χ2v) is 2.76. The lowest BCUT2D eigenvalue weighted by molar-refractivity contribution is -0.110. The van der Waals surface area contributed by atoms with Crippen LogP contribution in [0, 0.1) is 0 Å². The van der Waals surface area contributed by atoms with Crippen LogP contribution < -0.4 is 11.1 Å². The first-order valence-electron chi connectivity index (χ1n) is 2.41. The van der Waals surface area contributed by atoms with Crippen molar-refractivity contribution in [1.82, 2.24) is 0 Å². The van der Waals surface area contributed by atoms with Gasteiger partial charge in [-0.3, -0.25) is 11.1 Å². The maximum Gasteiger partial charge on any atom is 0.299 e. The second-order valence-electron chi connectivity index (χ2n) is 1.67. The number of epoxide rings is 1. The van der Waals surface area contributed by atoms with E-state index >= 15 is 0 Å². The molecule has 0 amide bonds. The Labute approximate surface area is 52.1 Å². The maximum atomic E-state index is 5.17. The third-order valence-corrected chi connectivity index (χ3v) is 1.71. The molecule has 0 aromatic carbocycles. The quantitative estimate of drug-likeness (QED) is 0.265. The summed E-state index contributed by atoms with van der Waals surface area (Å²) in [5.74, 6) is 0.905. The Hall–Kier alpha value is -0.220. The maximum absolute atomic E-state index is 5.17. The van der Waals surface area contributed by atoms with E-state index in [1.54, 1.807) is 0 Å². The molecule has 1 fully saturated rings. The normalized spacial score (nSPS) is 25.2. The Morgan fingerprint density at radius 1 is 2.00 bits per heavy atom. The Morgan fingerprint density at radius 2 is 2.62 bits per heavy atom. The van der Waals surface area contributed by atoms with Crippen molar-refractivity contribution >= 4 is 16.9 Å². The topological polar surface area (TPSA) is 64.1 Å². The van der Waals surface area contributed by atoms with Crippen LogP contribution in [0.15, 0.2) is 0 Å². The Balaban J connectivity index is 1.95. The Bertz CT molecular complexity index is 102. The highest BCUT2D eigenvalue weighted by molar-refractivity contribution is 8.13. The fraction of sp³-hybridized carbons (Fsp3) is 0.750. The molecule has 0 aliphatic carbocycles. The van der Waals surface area contributed by atoms with Gasteiger partial charge in [0.1, 0.15) is 0 Å². The van der Waals surface area contributed by atoms with Gasteiger partial charge in [-0.1, -0.05) is 0 Å². The number of amidine groups is 1. The highest BCUT2D eigenvalue weighted by atomic mass is 32.2. The van der Waals surface area contributed by atoms with E-state index < -0.39 is 0 Å². The molecule has 46 valence electrons. The molecule has 1 unspecified atom stereocenters. The van der Waals surface area contributed by atoms with Crippen LogP contribution in [0.4, 0.5) is 0 Å². The minimum atomic E-state index is 0.419. The molecule has 8 heavy (non-hydrogen) atoms. The molecule has 0 radical (unpaired) electrons. The zero-order chi connectivity index (χ0) is 5.98. The molecule has 1 saturated heterocycles. The number of hydrogen-bond acceptors (Lipinski definition) is 2. The smallest absolute Gasteiger partial charge is 0.299 e. The summed E-state index contributed by atoms with van der Waals surface area (Å²) < 4.78 is 4.91. The zero-order valence-corrected chi connectivity index (χ0v) is 5.28. The summed E-state index contributed by atoms with van der Waals surface area (Å²) in [5, 5.41) is 5.60. The van der Waals surface area contributed by atoms with Gasteiger partial charge >= 0.3 is 0 Å². The van der Waals surface area contributed by atoms with Crippen molar-refractivity contribution in [1.29, 1.82) is 0 Å². The minimum Gasteiger partial charge on any atom is -0.372 e. The molecular formula is C4H9N2OS+. The summed E-state index contributed by atoms with van der Waals surface area (Å²) in [6, 6.07) is 0. The predicted molar refractivity (Wildman–Crippen MR) is 33.3 cm³/mol. The summed E-state index contributed by atoms with van der Waals surface area (Å²) in [6.07, 6.45) is 0.419. The van der Waals surface area contributed by atoms with E-state index in [0.717, 1.165) is 12.4 Å². The van der Waals surface area contributed by atoms with E-state index in [1.165, 1.54) is 11.8 Å². The van der Waals surface area contributed by atoms with Gasteiger partial charge in [0.25, 0.3) is 5.17 Å². The van der Waals surface area contributed by atoms with E-state index in [1.807, 2.05) is 0 Å². The van der Waals surface area contributed by atoms with Crippen LogP contribution in [0.2, 0.25) is 0 Å². The van der Waals surface area contributed by atoms with Crippen molar-refractivity contribution in [3.8, 4) is 0 Å². The summed E-state index contributed by atoms with van der Waals surface area (Å²) in [6.45, 7) is 0.875. The Kier molecular flexibility index (Phi) is 1.75. The van der Waals surface area contributed by atoms with E-state index in [9.17, 15) is 0 Å². The molecule has 0 saturated carbocycles. The van der Waals surface area contributed by atoms with Gasteiger partial charge in [0.15, 0.2) is 0 Å². The molecule has 0 spiro atoms. The standard InChI is InChI=1S/C4H8N2OS/c5-4(6)8-2-3-1-7-3/h3H,1-2H2,(H3,5,6)/p+1. The Morgan fingerprint density at radius 3 is 3.00 bits per heavy atom. The van der Waals surface area contributed by atoms with Crippen LogP contribution >= 0.6 is 11.8 Å². The highest BCUT2D eigenvalue weighted by Gasteiger charge is 2.22. The minimum absolute atomic E-state index is 0.419. The number of hydrogen-bond donors (Lipinski definition) is 2. The van der Waals surface area contributed by atoms with Crippen molar-refractivity contribution in [2.24, 2.45) is 5.73 Å². The lowest BCUT2D eigenvalue weighted by atomic mass is 10.6. The highest BCUT2D eigenvalue weighted by Crippen LogP contribution is 2.14. The fourth-order valence-electron chi connectivity index (χ4n) is 0.353. The van der Waals surface area contributed by atoms with Gasteiger partial charge in [0, 0.05) is 5.75 Å². The fourth-order valence-corrected chi connectivity index (χ4v) is 0.924. The van der Waals surface area contributed by atoms with Gasteiger partial charge in [0.05, 0.1) is 12.7 Å². The number of rotatable bonds is 2. The van der Waals surface area contributed by atoms with Gasteiger partial charge in [-0.25, -0.2) is 0 Å². The van der Waals surface area contributed by atoms with Crippen molar-refractivity contribution in [2.75, 3.05) is 12.4 Å². The van der Waals surface area contributed by atoms with Crippen molar-refractivity contribution in [2.45, 2.75) is 6.10 Å². The van der Waals surface area contributed by atoms with Crippen LogP contribution in [0.25, 0.3) is 0 Å². The largest absolute Gasteiger partial charge is 0.372 e. The molecule has 3 nitrogen and oxygen atoms in total. The monoisotopic (exact) mass is 133 g/mol. The van der Waals surface area contributed by atoms with Crippen molar-refractivity contribution < 1.29 is 10.1 Å². The van der Waals surface area contributed by atoms with Gasteiger partial charge in [-0.15, -0.1) is 0 Å². The molecule has 1 aliphatic heterocycles. The van der Waals surface area contributed by atoms with Crippen LogP contribution in [-0.2, 0) is 4.74 Å². The molecule has 0 aromatic heterocycles. The van der Waals surface area contributed by atoms with E-state index in [-0.39, 0.29) is 0 Å². The molecule has 4 N–H and O–H groups in total. The molecular weight excluding hydrogens is 124 g/mol. The third-order valence-electron chi connectivity index (χ3n) is 0.838. The van der Waals surface area contributed by atoms with E-state index in [2.05, 4.69) is 0 Å². The molecule has 4 heteroatoms. The van der Waals surface area contributed by atoms with E-state index in [4.69, 9.17) is 15.9 Å². The van der Waals surface area contributed by atoms with Gasteiger partial charge < -0.3 is 4.74 Å². The first-order valence-corrected chi connectivity index (χ1v) is 3.40. The SMILES string of the molecule is NC(=[NH2+])SCC1CO1. The van der Waals surface area contributed by atoms with Crippen molar-refractivity contribution in [3.05, 3.63) is 0 Å². The molecule has 0 aromatic rings. The van der Waals surface area contributed by atoms with Crippen LogP contribution in [0.5, 0.6) is 0 Å². The lowest BCUT2D eigenvalue weighted by Crippen LogP contribution is -2.43. The first kappa shape index (κ1) is 5.91. The summed E-state index contributed by atoms with van der Waals surface area (Å²) in [5.41, 5.74) is 5.17. The van der Waals surface area contributed by atoms with Gasteiger partial charge in [-0.2, -0.15) is 0 Å². The number of thioether (sulfide) groups is 1. The predicted octanol–water partition coefficient (Wildman–Crippen LogP) is -1.81. The van der Waals surface area contributed by atoms with Gasteiger partial charge in [-0.05, 0) is 11.8 Å². The van der Waals surface area contributed by atoms with Gasteiger partial charge in [0.2, 0.25) is 0 Å². The third kappa shape index (κ3) is 2.18. The van der Waals surface area contributed by atoms with Crippen molar-refractivity contribution in [3.63, 3.8) is 0 Å². The molecule has 1 rings (SSSR count). The average Bonchev–Trinajstić information content (AvgIpc) is 2.41. The summed E-state index contributed by atoms with van der Waals surface area (Å²) in [7, 11) is 0. The summed E-state index contributed by atoms with van der Waals surface area (Å²) in [4.78, 5) is 0. The molecule has 1 aliphatic rings. The number of nitrogens with two attached hydrogens (primary N) is 2. The van der Waals surface area contributed by atoms with E-state index in [0.29, 0.717) is 11.3 Å². The lowest BCUT2D eigenvalue weighted by Gasteiger charge is -1.85. The summed E-state index contributed by atoms with van der Waals surface area (Å²) >= 11 is 1.45. The van der Waals surface area contributed by atoms with Crippen LogP contribution in [-0.4, -0.2) is 23.6 Å². The molecule has 0 bridgehead atoms. The average molecular weight is 133 g/mol. The molecule has 1 heterocycles. The second kappa shape index (κ2) is 2.37. The zero-order valence-electron chi connectivity index (χ0n) is 4.46. The number of ether oxygens (including phenoxy) is 1. The first-order chi connectivity index (χ1) is 3.79.